The van der Waals surface area contributed by atoms with E-state index in [-0.39, 0.29) is 0 Å². The summed E-state index contributed by atoms with van der Waals surface area (Å²) in [6.45, 7) is 4.73. The minimum Gasteiger partial charge on any atom is -0.496 e. The normalized spacial score (nSPS) is 20.7. The summed E-state index contributed by atoms with van der Waals surface area (Å²) < 4.78 is 11.5. The number of aromatic nitrogens is 3. The highest BCUT2D eigenvalue weighted by Crippen LogP contribution is 2.40. The van der Waals surface area contributed by atoms with Crippen LogP contribution in [0.4, 0.5) is 0 Å². The first kappa shape index (κ1) is 22.0. The molecule has 2 aromatic rings. The molecular weight excluding hydrogens is 378 g/mol. The van der Waals surface area contributed by atoms with Crippen LogP contribution in [0.25, 0.3) is 11.4 Å². The molecule has 0 aliphatic heterocycles. The van der Waals surface area contributed by atoms with Gasteiger partial charge in [0.2, 0.25) is 0 Å². The Balaban J connectivity index is 1.85. The van der Waals surface area contributed by atoms with Crippen LogP contribution in [0.15, 0.2) is 54.6 Å². The van der Waals surface area contributed by atoms with Gasteiger partial charge in [-0.3, -0.25) is 0 Å². The highest BCUT2D eigenvalue weighted by molar-refractivity contribution is 5.63. The monoisotopic (exact) mass is 409 g/mol. The van der Waals surface area contributed by atoms with Crippen molar-refractivity contribution in [2.75, 3.05) is 13.7 Å². The first-order chi connectivity index (χ1) is 14.6. The van der Waals surface area contributed by atoms with E-state index in [0.717, 1.165) is 18.4 Å². The van der Waals surface area contributed by atoms with Crippen molar-refractivity contribution in [3.05, 3.63) is 60.4 Å². The van der Waals surface area contributed by atoms with E-state index >= 15 is 0 Å². The largest absolute Gasteiger partial charge is 0.496 e. The summed E-state index contributed by atoms with van der Waals surface area (Å²) in [6.07, 6.45) is 12.1. The first-order valence-corrected chi connectivity index (χ1v) is 10.7. The fourth-order valence-electron chi connectivity index (χ4n) is 3.71. The predicted octanol–water partition coefficient (Wildman–Crippen LogP) is 4.82. The van der Waals surface area contributed by atoms with Crippen molar-refractivity contribution < 1.29 is 14.6 Å². The molecule has 1 aliphatic carbocycles. The Bertz CT molecular complexity index is 897. The molecule has 1 N–H and O–H groups in total. The average molecular weight is 410 g/mol. The highest BCUT2D eigenvalue weighted by atomic mass is 16.5. The van der Waals surface area contributed by atoms with Gasteiger partial charge in [0.25, 0.3) is 0 Å². The predicted molar refractivity (Wildman–Crippen MR) is 117 cm³/mol. The van der Waals surface area contributed by atoms with E-state index in [9.17, 15) is 5.11 Å². The second-order valence-electron chi connectivity index (χ2n) is 7.45. The fourth-order valence-corrected chi connectivity index (χ4v) is 3.71. The van der Waals surface area contributed by atoms with E-state index in [1.54, 1.807) is 7.11 Å². The average Bonchev–Trinajstić information content (AvgIpc) is 2.80. The van der Waals surface area contributed by atoms with Gasteiger partial charge in [0.15, 0.2) is 5.82 Å². The second-order valence-corrected chi connectivity index (χ2v) is 7.45. The second kappa shape index (κ2) is 10.3. The lowest BCUT2D eigenvalue weighted by molar-refractivity contribution is -0.00823. The lowest BCUT2D eigenvalue weighted by Crippen LogP contribution is -2.40. The van der Waals surface area contributed by atoms with Crippen LogP contribution in [0, 0.1) is 0 Å². The summed E-state index contributed by atoms with van der Waals surface area (Å²) in [6, 6.07) is 7.59. The van der Waals surface area contributed by atoms with Gasteiger partial charge in [-0.2, -0.15) is 0 Å². The standard InChI is InChI=1S/C24H31N3O3/c1-4-6-7-10-16-30-21-15-11-13-19(24(21,28)5-2)23-26-17-25-22(27-23)18-12-8-9-14-20(18)29-3/h8-9,11-15,17,19,28H,4-7,10,16H2,1-3H3. The van der Waals surface area contributed by atoms with Gasteiger partial charge in [0.05, 0.1) is 25.2 Å². The van der Waals surface area contributed by atoms with Crippen molar-refractivity contribution in [3.8, 4) is 17.1 Å². The molecule has 1 aliphatic rings. The Labute approximate surface area is 178 Å². The minimum absolute atomic E-state index is 0.422. The zero-order valence-corrected chi connectivity index (χ0v) is 18.0. The van der Waals surface area contributed by atoms with Gasteiger partial charge in [-0.1, -0.05) is 57.4 Å². The number of methoxy groups -OCH3 is 1. The molecule has 0 bridgehead atoms. The first-order valence-electron chi connectivity index (χ1n) is 10.7. The van der Waals surface area contributed by atoms with Crippen LogP contribution >= 0.6 is 0 Å². The Morgan fingerprint density at radius 1 is 1.10 bits per heavy atom. The number of rotatable bonds is 10. The molecular formula is C24H31N3O3. The molecule has 1 aromatic carbocycles. The number of benzene rings is 1. The molecule has 0 amide bonds. The summed E-state index contributed by atoms with van der Waals surface area (Å²) in [5.74, 6) is 1.87. The Hall–Kier alpha value is -2.73. The van der Waals surface area contributed by atoms with E-state index in [0.29, 0.717) is 36.2 Å². The van der Waals surface area contributed by atoms with Crippen LogP contribution in [-0.2, 0) is 4.74 Å². The molecule has 0 fully saturated rings. The quantitative estimate of drug-likeness (QED) is 0.567. The highest BCUT2D eigenvalue weighted by Gasteiger charge is 2.43. The smallest absolute Gasteiger partial charge is 0.166 e. The molecule has 2 unspecified atom stereocenters. The molecule has 0 saturated heterocycles. The third-order valence-electron chi connectivity index (χ3n) is 5.50. The summed E-state index contributed by atoms with van der Waals surface area (Å²) >= 11 is 0. The van der Waals surface area contributed by atoms with Crippen molar-refractivity contribution in [3.63, 3.8) is 0 Å². The van der Waals surface area contributed by atoms with Crippen molar-refractivity contribution in [1.29, 1.82) is 0 Å². The summed E-state index contributed by atoms with van der Waals surface area (Å²) in [7, 11) is 1.62. The fraction of sp³-hybridized carbons (Fsp3) is 0.458. The SMILES string of the molecule is CCCCCCOC1=CC=CC(c2ncnc(-c3ccccc3OC)n2)C1(O)CC. The van der Waals surface area contributed by atoms with Gasteiger partial charge in [-0.15, -0.1) is 0 Å². The maximum absolute atomic E-state index is 11.5. The van der Waals surface area contributed by atoms with Gasteiger partial charge in [-0.25, -0.2) is 15.0 Å². The van der Waals surface area contributed by atoms with E-state index < -0.39 is 11.5 Å². The third-order valence-corrected chi connectivity index (χ3v) is 5.50. The van der Waals surface area contributed by atoms with Crippen molar-refractivity contribution >= 4 is 0 Å². The zero-order valence-electron chi connectivity index (χ0n) is 18.0. The molecule has 2 atom stereocenters. The number of aliphatic hydroxyl groups is 1. The van der Waals surface area contributed by atoms with Gasteiger partial charge >= 0.3 is 0 Å². The Morgan fingerprint density at radius 3 is 2.70 bits per heavy atom. The molecule has 160 valence electrons. The summed E-state index contributed by atoms with van der Waals surface area (Å²) in [5, 5.41) is 11.5. The summed E-state index contributed by atoms with van der Waals surface area (Å²) in [5.41, 5.74) is -0.412. The van der Waals surface area contributed by atoms with Crippen LogP contribution in [0.3, 0.4) is 0 Å². The van der Waals surface area contributed by atoms with Crippen LogP contribution in [0.2, 0.25) is 0 Å². The van der Waals surface area contributed by atoms with Gasteiger partial charge in [0.1, 0.15) is 29.3 Å². The van der Waals surface area contributed by atoms with E-state index in [2.05, 4.69) is 21.9 Å². The maximum atomic E-state index is 11.5. The Morgan fingerprint density at radius 2 is 1.93 bits per heavy atom. The molecule has 0 radical (unpaired) electrons. The zero-order chi connectivity index (χ0) is 21.4. The number of para-hydroxylation sites is 1. The third kappa shape index (κ3) is 4.70. The number of unbranched alkanes of at least 4 members (excludes halogenated alkanes) is 3. The summed E-state index contributed by atoms with van der Waals surface area (Å²) in [4.78, 5) is 13.4. The van der Waals surface area contributed by atoms with Gasteiger partial charge in [-0.05, 0) is 31.1 Å². The number of hydrogen-bond donors (Lipinski definition) is 1. The van der Waals surface area contributed by atoms with Crippen LogP contribution < -0.4 is 4.74 Å². The molecule has 6 nitrogen and oxygen atoms in total. The molecule has 1 heterocycles. The minimum atomic E-state index is -1.20. The number of nitrogens with zero attached hydrogens (tertiary/aromatic N) is 3. The maximum Gasteiger partial charge on any atom is 0.166 e. The lowest BCUT2D eigenvalue weighted by Gasteiger charge is -2.36. The lowest BCUT2D eigenvalue weighted by atomic mass is 9.79. The van der Waals surface area contributed by atoms with Gasteiger partial charge < -0.3 is 14.6 Å². The van der Waals surface area contributed by atoms with Crippen LogP contribution in [-0.4, -0.2) is 39.4 Å². The van der Waals surface area contributed by atoms with Crippen molar-refractivity contribution in [1.82, 2.24) is 15.0 Å². The number of allylic oxidation sites excluding steroid dienone is 2. The molecule has 30 heavy (non-hydrogen) atoms. The van der Waals surface area contributed by atoms with E-state index in [4.69, 9.17) is 9.47 Å². The number of ether oxygens (including phenoxy) is 2. The Kier molecular flexibility index (Phi) is 7.57. The molecule has 3 rings (SSSR count). The molecule has 0 spiro atoms. The van der Waals surface area contributed by atoms with E-state index in [1.807, 2.05) is 49.4 Å². The van der Waals surface area contributed by atoms with Crippen molar-refractivity contribution in [2.24, 2.45) is 0 Å². The van der Waals surface area contributed by atoms with Gasteiger partial charge in [0, 0.05) is 0 Å². The van der Waals surface area contributed by atoms with E-state index in [1.165, 1.54) is 19.2 Å². The molecule has 0 saturated carbocycles. The molecule has 1 aromatic heterocycles. The van der Waals surface area contributed by atoms with Crippen LogP contribution in [0.5, 0.6) is 5.75 Å². The number of hydrogen-bond acceptors (Lipinski definition) is 6. The topological polar surface area (TPSA) is 77.4 Å². The van der Waals surface area contributed by atoms with Crippen molar-refractivity contribution in [2.45, 2.75) is 57.5 Å². The van der Waals surface area contributed by atoms with Crippen LogP contribution in [0.1, 0.15) is 57.7 Å². The molecule has 6 heteroatoms.